The molecule has 1 aromatic rings. The zero-order valence-electron chi connectivity index (χ0n) is 12.8. The molecular weight excluding hydrogens is 254 g/mol. The lowest BCUT2D eigenvalue weighted by Crippen LogP contribution is -2.43. The fourth-order valence-electron chi connectivity index (χ4n) is 1.90. The van der Waals surface area contributed by atoms with Crippen LogP contribution in [-0.2, 0) is 11.3 Å². The van der Waals surface area contributed by atoms with Crippen LogP contribution in [0.4, 0.5) is 0 Å². The molecule has 1 saturated carbocycles. The monoisotopic (exact) mass is 279 g/mol. The van der Waals surface area contributed by atoms with Crippen LogP contribution in [0.15, 0.2) is 6.20 Å². The molecule has 0 saturated heterocycles. The Morgan fingerprint density at radius 2 is 2.20 bits per heavy atom. The summed E-state index contributed by atoms with van der Waals surface area (Å²) in [5, 5.41) is 14.5. The third kappa shape index (κ3) is 4.59. The minimum Gasteiger partial charge on any atom is -0.350 e. The Labute approximate surface area is 120 Å². The lowest BCUT2D eigenvalue weighted by molar-refractivity contribution is -0.125. The lowest BCUT2D eigenvalue weighted by atomic mass is 10.1. The van der Waals surface area contributed by atoms with Crippen molar-refractivity contribution >= 4 is 5.91 Å². The van der Waals surface area contributed by atoms with Gasteiger partial charge in [0.1, 0.15) is 6.04 Å². The molecule has 1 aliphatic rings. The summed E-state index contributed by atoms with van der Waals surface area (Å²) >= 11 is 0. The number of nitrogens with one attached hydrogen (secondary N) is 2. The summed E-state index contributed by atoms with van der Waals surface area (Å²) in [6, 6.07) is -0.348. The summed E-state index contributed by atoms with van der Waals surface area (Å²) in [7, 11) is 0. The van der Waals surface area contributed by atoms with E-state index in [2.05, 4.69) is 20.9 Å². The summed E-state index contributed by atoms with van der Waals surface area (Å²) in [6.45, 7) is 9.48. The third-order valence-corrected chi connectivity index (χ3v) is 3.27. The largest absolute Gasteiger partial charge is 0.350 e. The van der Waals surface area contributed by atoms with Crippen LogP contribution in [0.2, 0.25) is 0 Å². The Morgan fingerprint density at radius 3 is 2.80 bits per heavy atom. The molecule has 1 unspecified atom stereocenters. The van der Waals surface area contributed by atoms with E-state index in [-0.39, 0.29) is 17.5 Å². The molecule has 1 amide bonds. The van der Waals surface area contributed by atoms with Crippen LogP contribution in [0.5, 0.6) is 0 Å². The zero-order valence-corrected chi connectivity index (χ0v) is 12.8. The summed E-state index contributed by atoms with van der Waals surface area (Å²) in [4.78, 5) is 12.1. The molecule has 0 bridgehead atoms. The van der Waals surface area contributed by atoms with Gasteiger partial charge >= 0.3 is 0 Å². The van der Waals surface area contributed by atoms with Crippen molar-refractivity contribution in [3.05, 3.63) is 11.9 Å². The Kier molecular flexibility index (Phi) is 4.42. The van der Waals surface area contributed by atoms with Gasteiger partial charge in [-0.1, -0.05) is 5.21 Å². The first kappa shape index (κ1) is 15.0. The van der Waals surface area contributed by atoms with Gasteiger partial charge in [0.25, 0.3) is 0 Å². The fourth-order valence-corrected chi connectivity index (χ4v) is 1.90. The van der Waals surface area contributed by atoms with Crippen LogP contribution >= 0.6 is 0 Å². The molecule has 1 heterocycles. The van der Waals surface area contributed by atoms with Gasteiger partial charge < -0.3 is 10.6 Å². The smallest absolute Gasteiger partial charge is 0.245 e. The molecule has 0 radical (unpaired) electrons. The Morgan fingerprint density at radius 1 is 1.50 bits per heavy atom. The van der Waals surface area contributed by atoms with E-state index in [4.69, 9.17) is 0 Å². The first-order valence-electron chi connectivity index (χ1n) is 7.28. The van der Waals surface area contributed by atoms with Crippen molar-refractivity contribution in [1.82, 2.24) is 25.6 Å². The van der Waals surface area contributed by atoms with Gasteiger partial charge in [-0.05, 0) is 53.0 Å². The number of amides is 1. The molecule has 1 atom stereocenters. The first-order valence-corrected chi connectivity index (χ1v) is 7.28. The second-order valence-electron chi connectivity index (χ2n) is 6.68. The fraction of sp³-hybridized carbons (Fsp3) is 0.786. The molecule has 1 fully saturated rings. The van der Waals surface area contributed by atoms with E-state index in [0.717, 1.165) is 18.2 Å². The molecule has 1 aliphatic carbocycles. The van der Waals surface area contributed by atoms with E-state index in [1.807, 2.05) is 33.9 Å². The molecular formula is C14H25N5O. The second kappa shape index (κ2) is 5.91. The molecule has 112 valence electrons. The van der Waals surface area contributed by atoms with Crippen molar-refractivity contribution in [2.45, 2.75) is 58.7 Å². The lowest BCUT2D eigenvalue weighted by Gasteiger charge is -2.23. The number of carbonyl (C=O) groups is 1. The average Bonchev–Trinajstić information content (AvgIpc) is 3.03. The Balaban J connectivity index is 1.84. The third-order valence-electron chi connectivity index (χ3n) is 3.27. The highest BCUT2D eigenvalue weighted by molar-refractivity contribution is 5.80. The molecule has 6 heteroatoms. The molecule has 2 N–H and O–H groups in total. The van der Waals surface area contributed by atoms with Crippen LogP contribution in [0.3, 0.4) is 0 Å². The molecule has 1 aromatic heterocycles. The van der Waals surface area contributed by atoms with Gasteiger partial charge in [0.2, 0.25) is 5.91 Å². The van der Waals surface area contributed by atoms with Crippen molar-refractivity contribution in [1.29, 1.82) is 0 Å². The highest BCUT2D eigenvalue weighted by Gasteiger charge is 2.22. The van der Waals surface area contributed by atoms with E-state index in [9.17, 15) is 4.79 Å². The van der Waals surface area contributed by atoms with Crippen LogP contribution in [-0.4, -0.2) is 33.0 Å². The number of rotatable bonds is 6. The van der Waals surface area contributed by atoms with E-state index < -0.39 is 0 Å². The molecule has 0 aromatic carbocycles. The first-order chi connectivity index (χ1) is 9.35. The van der Waals surface area contributed by atoms with Gasteiger partial charge in [-0.2, -0.15) is 0 Å². The van der Waals surface area contributed by atoms with Crippen molar-refractivity contribution in [2.24, 2.45) is 5.92 Å². The standard InChI is InChI=1S/C14H25N5O/c1-10(13(20)16-14(2,3)4)19-9-12(17-18-19)8-15-7-11-5-6-11/h9-11,15H,5-8H2,1-4H3,(H,16,20). The van der Waals surface area contributed by atoms with Gasteiger partial charge in [-0.25, -0.2) is 4.68 Å². The highest BCUT2D eigenvalue weighted by Crippen LogP contribution is 2.27. The predicted octanol–water partition coefficient (Wildman–Crippen LogP) is 1.25. The predicted molar refractivity (Wildman–Crippen MR) is 77.1 cm³/mol. The number of hydrogen-bond donors (Lipinski definition) is 2. The van der Waals surface area contributed by atoms with Crippen molar-refractivity contribution in [2.75, 3.05) is 6.54 Å². The number of aromatic nitrogens is 3. The maximum Gasteiger partial charge on any atom is 0.245 e. The molecule has 0 aliphatic heterocycles. The molecule has 6 nitrogen and oxygen atoms in total. The van der Waals surface area contributed by atoms with Gasteiger partial charge in [0.15, 0.2) is 0 Å². The number of hydrogen-bond acceptors (Lipinski definition) is 4. The van der Waals surface area contributed by atoms with Crippen molar-refractivity contribution in [3.8, 4) is 0 Å². The summed E-state index contributed by atoms with van der Waals surface area (Å²) in [6.07, 6.45) is 4.51. The van der Waals surface area contributed by atoms with Gasteiger partial charge in [-0.3, -0.25) is 4.79 Å². The summed E-state index contributed by atoms with van der Waals surface area (Å²) < 4.78 is 1.62. The maximum absolute atomic E-state index is 12.1. The average molecular weight is 279 g/mol. The maximum atomic E-state index is 12.1. The Bertz CT molecular complexity index is 458. The van der Waals surface area contributed by atoms with Gasteiger partial charge in [0.05, 0.1) is 11.9 Å². The van der Waals surface area contributed by atoms with E-state index in [1.54, 1.807) is 4.68 Å². The Hall–Kier alpha value is -1.43. The van der Waals surface area contributed by atoms with Crippen molar-refractivity contribution in [3.63, 3.8) is 0 Å². The van der Waals surface area contributed by atoms with Crippen LogP contribution < -0.4 is 10.6 Å². The van der Waals surface area contributed by atoms with Crippen LogP contribution in [0.1, 0.15) is 52.3 Å². The van der Waals surface area contributed by atoms with Crippen molar-refractivity contribution < 1.29 is 4.79 Å². The van der Waals surface area contributed by atoms with Gasteiger partial charge in [-0.15, -0.1) is 5.10 Å². The minimum atomic E-state index is -0.348. The van der Waals surface area contributed by atoms with E-state index in [1.165, 1.54) is 12.8 Å². The van der Waals surface area contributed by atoms with Crippen LogP contribution in [0.25, 0.3) is 0 Å². The molecule has 20 heavy (non-hydrogen) atoms. The summed E-state index contributed by atoms with van der Waals surface area (Å²) in [5.41, 5.74) is 0.640. The quantitative estimate of drug-likeness (QED) is 0.822. The second-order valence-corrected chi connectivity index (χ2v) is 6.68. The summed E-state index contributed by atoms with van der Waals surface area (Å²) in [5.74, 6) is 0.807. The topological polar surface area (TPSA) is 71.8 Å². The normalized spacial score (nSPS) is 17.0. The van der Waals surface area contributed by atoms with Crippen LogP contribution in [0, 0.1) is 5.92 Å². The SMILES string of the molecule is CC(C(=O)NC(C)(C)C)n1cc(CNCC2CC2)nn1. The molecule has 0 spiro atoms. The molecule has 2 rings (SSSR count). The van der Waals surface area contributed by atoms with E-state index >= 15 is 0 Å². The highest BCUT2D eigenvalue weighted by atomic mass is 16.2. The number of carbonyl (C=O) groups excluding carboxylic acids is 1. The zero-order chi connectivity index (χ0) is 14.8. The van der Waals surface area contributed by atoms with E-state index in [0.29, 0.717) is 6.54 Å². The van der Waals surface area contributed by atoms with Gasteiger partial charge in [0, 0.05) is 12.1 Å². The number of nitrogens with zero attached hydrogens (tertiary/aromatic N) is 3. The minimum absolute atomic E-state index is 0.0418.